The van der Waals surface area contributed by atoms with Crippen LogP contribution in [-0.2, 0) is 14.8 Å². The van der Waals surface area contributed by atoms with E-state index < -0.39 is 10.0 Å². The van der Waals surface area contributed by atoms with Crippen LogP contribution in [-0.4, -0.2) is 37.3 Å². The summed E-state index contributed by atoms with van der Waals surface area (Å²) in [4.78, 5) is 12.2. The summed E-state index contributed by atoms with van der Waals surface area (Å²) >= 11 is 0. The Morgan fingerprint density at radius 3 is 2.29 bits per heavy atom. The fourth-order valence-electron chi connectivity index (χ4n) is 2.66. The first-order valence-corrected chi connectivity index (χ1v) is 9.73. The standard InChI is InChI=1S/C18H26N2O3S/c1-18(2,3)19-17(21)16-9-12-20(13-10-16)24(22,23)14-11-15-7-5-4-6-8-15/h4-8,11,14,16H,9-10,12-13H2,1-3H3,(H,19,21)/b14-11+. The molecule has 0 saturated carbocycles. The maximum atomic E-state index is 12.4. The molecule has 0 spiro atoms. The van der Waals surface area contributed by atoms with E-state index in [-0.39, 0.29) is 17.4 Å². The van der Waals surface area contributed by atoms with Crippen LogP contribution in [0.25, 0.3) is 6.08 Å². The normalized spacial score (nSPS) is 18.0. The molecule has 5 nitrogen and oxygen atoms in total. The third kappa shape index (κ3) is 5.46. The highest BCUT2D eigenvalue weighted by molar-refractivity contribution is 7.92. The van der Waals surface area contributed by atoms with E-state index in [0.29, 0.717) is 25.9 Å². The molecule has 1 heterocycles. The predicted molar refractivity (Wildman–Crippen MR) is 96.6 cm³/mol. The molecule has 0 atom stereocenters. The molecule has 24 heavy (non-hydrogen) atoms. The summed E-state index contributed by atoms with van der Waals surface area (Å²) in [6.45, 7) is 6.59. The van der Waals surface area contributed by atoms with E-state index in [9.17, 15) is 13.2 Å². The van der Waals surface area contributed by atoms with Crippen LogP contribution < -0.4 is 5.32 Å². The summed E-state index contributed by atoms with van der Waals surface area (Å²) in [7, 11) is -3.44. The topological polar surface area (TPSA) is 66.5 Å². The molecule has 1 fully saturated rings. The third-order valence-electron chi connectivity index (χ3n) is 3.91. The van der Waals surface area contributed by atoms with Crippen molar-refractivity contribution >= 4 is 22.0 Å². The number of amides is 1. The molecule has 0 unspecified atom stereocenters. The van der Waals surface area contributed by atoms with Crippen molar-refractivity contribution < 1.29 is 13.2 Å². The number of hydrogen-bond acceptors (Lipinski definition) is 3. The quantitative estimate of drug-likeness (QED) is 0.908. The lowest BCUT2D eigenvalue weighted by Gasteiger charge is -2.31. The van der Waals surface area contributed by atoms with Crippen molar-refractivity contribution in [2.45, 2.75) is 39.2 Å². The van der Waals surface area contributed by atoms with Crippen molar-refractivity contribution in [2.24, 2.45) is 5.92 Å². The SMILES string of the molecule is CC(C)(C)NC(=O)C1CCN(S(=O)(=O)/C=C/c2ccccc2)CC1. The Bertz CT molecular complexity index is 683. The largest absolute Gasteiger partial charge is 0.351 e. The van der Waals surface area contributed by atoms with E-state index in [1.165, 1.54) is 9.71 Å². The minimum absolute atomic E-state index is 0.0133. The number of carbonyl (C=O) groups is 1. The van der Waals surface area contributed by atoms with Crippen LogP contribution >= 0.6 is 0 Å². The summed E-state index contributed by atoms with van der Waals surface area (Å²) in [6.07, 6.45) is 2.72. The predicted octanol–water partition coefficient (Wildman–Crippen LogP) is 2.61. The maximum absolute atomic E-state index is 12.4. The van der Waals surface area contributed by atoms with E-state index >= 15 is 0 Å². The second kappa shape index (κ2) is 7.49. The number of nitrogens with zero attached hydrogens (tertiary/aromatic N) is 1. The van der Waals surface area contributed by atoms with Gasteiger partial charge in [-0.3, -0.25) is 4.79 Å². The number of nitrogens with one attached hydrogen (secondary N) is 1. The molecule has 2 rings (SSSR count). The Balaban J connectivity index is 1.93. The van der Waals surface area contributed by atoms with Crippen molar-refractivity contribution in [3.63, 3.8) is 0 Å². The van der Waals surface area contributed by atoms with Crippen LogP contribution in [0.1, 0.15) is 39.2 Å². The van der Waals surface area contributed by atoms with Crippen LogP contribution in [0.4, 0.5) is 0 Å². The van der Waals surface area contributed by atoms with Crippen molar-refractivity contribution in [2.75, 3.05) is 13.1 Å². The molecule has 0 aliphatic carbocycles. The second-order valence-corrected chi connectivity index (χ2v) is 8.99. The van der Waals surface area contributed by atoms with E-state index in [1.807, 2.05) is 51.1 Å². The molecule has 1 saturated heterocycles. The van der Waals surface area contributed by atoms with Crippen molar-refractivity contribution in [3.05, 3.63) is 41.3 Å². The molecule has 1 amide bonds. The van der Waals surface area contributed by atoms with Crippen molar-refractivity contribution in [3.8, 4) is 0 Å². The minimum atomic E-state index is -3.44. The third-order valence-corrected chi connectivity index (χ3v) is 5.48. The molecular weight excluding hydrogens is 324 g/mol. The second-order valence-electron chi connectivity index (χ2n) is 7.17. The maximum Gasteiger partial charge on any atom is 0.236 e. The Morgan fingerprint density at radius 1 is 1.17 bits per heavy atom. The molecule has 1 aliphatic heterocycles. The molecule has 1 N–H and O–H groups in total. The summed E-state index contributed by atoms with van der Waals surface area (Å²) < 4.78 is 26.3. The Labute approximate surface area is 144 Å². The molecule has 0 radical (unpaired) electrons. The number of hydrogen-bond donors (Lipinski definition) is 1. The van der Waals surface area contributed by atoms with Gasteiger partial charge in [0.2, 0.25) is 15.9 Å². The van der Waals surface area contributed by atoms with Crippen LogP contribution in [0.15, 0.2) is 35.7 Å². The van der Waals surface area contributed by atoms with Gasteiger partial charge in [0, 0.05) is 30.0 Å². The first kappa shape index (κ1) is 18.7. The molecule has 0 bridgehead atoms. The average molecular weight is 350 g/mol. The van der Waals surface area contributed by atoms with Crippen LogP contribution in [0.3, 0.4) is 0 Å². The zero-order valence-corrected chi connectivity index (χ0v) is 15.3. The van der Waals surface area contributed by atoms with Gasteiger partial charge in [0.25, 0.3) is 0 Å². The minimum Gasteiger partial charge on any atom is -0.351 e. The van der Waals surface area contributed by atoms with Gasteiger partial charge < -0.3 is 5.32 Å². The molecular formula is C18H26N2O3S. The molecule has 0 aromatic heterocycles. The van der Waals surface area contributed by atoms with E-state index in [0.717, 1.165) is 5.56 Å². The van der Waals surface area contributed by atoms with Gasteiger partial charge in [-0.25, -0.2) is 8.42 Å². The highest BCUT2D eigenvalue weighted by Gasteiger charge is 2.31. The summed E-state index contributed by atoms with van der Waals surface area (Å²) in [5, 5.41) is 4.22. The van der Waals surface area contributed by atoms with E-state index in [1.54, 1.807) is 6.08 Å². The Kier molecular flexibility index (Phi) is 5.83. The number of sulfonamides is 1. The van der Waals surface area contributed by atoms with Gasteiger partial charge in [-0.1, -0.05) is 30.3 Å². The van der Waals surface area contributed by atoms with E-state index in [2.05, 4.69) is 5.32 Å². The smallest absolute Gasteiger partial charge is 0.236 e. The number of piperidine rings is 1. The van der Waals surface area contributed by atoms with Crippen LogP contribution in [0.2, 0.25) is 0 Å². The van der Waals surface area contributed by atoms with Gasteiger partial charge in [-0.15, -0.1) is 0 Å². The van der Waals surface area contributed by atoms with Gasteiger partial charge >= 0.3 is 0 Å². The zero-order chi connectivity index (χ0) is 17.8. The first-order chi connectivity index (χ1) is 11.2. The fourth-order valence-corrected chi connectivity index (χ4v) is 3.88. The zero-order valence-electron chi connectivity index (χ0n) is 14.5. The van der Waals surface area contributed by atoms with Gasteiger partial charge in [-0.2, -0.15) is 4.31 Å². The summed E-state index contributed by atoms with van der Waals surface area (Å²) in [5.74, 6) is -0.104. The molecule has 1 aliphatic rings. The van der Waals surface area contributed by atoms with Crippen LogP contribution in [0.5, 0.6) is 0 Å². The van der Waals surface area contributed by atoms with Gasteiger partial charge in [0.15, 0.2) is 0 Å². The number of rotatable bonds is 4. The monoisotopic (exact) mass is 350 g/mol. The van der Waals surface area contributed by atoms with Crippen LogP contribution in [0, 0.1) is 5.92 Å². The Morgan fingerprint density at radius 2 is 1.75 bits per heavy atom. The Hall–Kier alpha value is -1.66. The van der Waals surface area contributed by atoms with Crippen molar-refractivity contribution in [1.82, 2.24) is 9.62 Å². The van der Waals surface area contributed by atoms with Crippen molar-refractivity contribution in [1.29, 1.82) is 0 Å². The average Bonchev–Trinajstić information content (AvgIpc) is 2.53. The van der Waals surface area contributed by atoms with Gasteiger partial charge in [0.1, 0.15) is 0 Å². The highest BCUT2D eigenvalue weighted by Crippen LogP contribution is 2.21. The number of benzene rings is 1. The summed E-state index contributed by atoms with van der Waals surface area (Å²) in [6, 6.07) is 9.33. The molecule has 132 valence electrons. The lowest BCUT2D eigenvalue weighted by molar-refractivity contribution is -0.127. The van der Waals surface area contributed by atoms with Gasteiger partial charge in [-0.05, 0) is 45.3 Å². The fraction of sp³-hybridized carbons (Fsp3) is 0.500. The first-order valence-electron chi connectivity index (χ1n) is 8.23. The number of carbonyl (C=O) groups excluding carboxylic acids is 1. The van der Waals surface area contributed by atoms with Gasteiger partial charge in [0.05, 0.1) is 0 Å². The van der Waals surface area contributed by atoms with E-state index in [4.69, 9.17) is 0 Å². The molecule has 6 heteroatoms. The highest BCUT2D eigenvalue weighted by atomic mass is 32.2. The molecule has 1 aromatic carbocycles. The molecule has 1 aromatic rings. The summed E-state index contributed by atoms with van der Waals surface area (Å²) in [5.41, 5.74) is 0.583. The lowest BCUT2D eigenvalue weighted by atomic mass is 9.96. The lowest BCUT2D eigenvalue weighted by Crippen LogP contribution is -2.47.